The molecule has 1 saturated heterocycles. The lowest BCUT2D eigenvalue weighted by Crippen LogP contribution is -2.52. The van der Waals surface area contributed by atoms with E-state index in [2.05, 4.69) is 20.6 Å². The first-order valence-electron chi connectivity index (χ1n) is 14.4. The van der Waals surface area contributed by atoms with Crippen molar-refractivity contribution in [3.8, 4) is 0 Å². The summed E-state index contributed by atoms with van der Waals surface area (Å²) >= 11 is 6.44. The number of aryl methyl sites for hydroxylation is 1. The monoisotopic (exact) mass is 591 g/mol. The van der Waals surface area contributed by atoms with Gasteiger partial charge in [0.25, 0.3) is 5.92 Å². The van der Waals surface area contributed by atoms with E-state index in [9.17, 15) is 18.7 Å². The summed E-state index contributed by atoms with van der Waals surface area (Å²) in [6, 6.07) is 5.63. The number of nitrogens with one attached hydrogen (secondary N) is 2. The molecule has 3 aromatic rings. The number of halogens is 3. The first-order valence-corrected chi connectivity index (χ1v) is 14.8. The van der Waals surface area contributed by atoms with Gasteiger partial charge in [-0.1, -0.05) is 25.4 Å². The van der Waals surface area contributed by atoms with Crippen LogP contribution in [0.25, 0.3) is 11.0 Å². The molecule has 0 radical (unpaired) electrons. The summed E-state index contributed by atoms with van der Waals surface area (Å²) in [5.74, 6) is -2.98. The van der Waals surface area contributed by atoms with Crippen molar-refractivity contribution < 1.29 is 13.9 Å². The molecule has 1 aliphatic heterocycles. The maximum absolute atomic E-state index is 14.4. The van der Waals surface area contributed by atoms with Gasteiger partial charge in [0.2, 0.25) is 5.95 Å². The minimum absolute atomic E-state index is 0.123. The number of hydrogen-bond acceptors (Lipinski definition) is 7. The molecule has 0 unspecified atom stereocenters. The Bertz CT molecular complexity index is 1430. The van der Waals surface area contributed by atoms with E-state index in [0.717, 1.165) is 23.5 Å². The van der Waals surface area contributed by atoms with Crippen LogP contribution in [-0.4, -0.2) is 61.9 Å². The summed E-state index contributed by atoms with van der Waals surface area (Å²) in [6.07, 6.45) is 4.42. The third kappa shape index (κ3) is 6.67. The van der Waals surface area contributed by atoms with Gasteiger partial charge >= 0.3 is 5.69 Å². The summed E-state index contributed by atoms with van der Waals surface area (Å²) in [5, 5.41) is 17.3. The van der Waals surface area contributed by atoms with Gasteiger partial charge in [-0.25, -0.2) is 18.6 Å². The predicted octanol–water partition coefficient (Wildman–Crippen LogP) is 4.88. The van der Waals surface area contributed by atoms with Crippen molar-refractivity contribution in [3.63, 3.8) is 0 Å². The van der Waals surface area contributed by atoms with Crippen LogP contribution < -0.4 is 21.2 Å². The summed E-state index contributed by atoms with van der Waals surface area (Å²) < 4.78 is 32.3. The summed E-state index contributed by atoms with van der Waals surface area (Å²) in [7, 11) is 0. The first-order chi connectivity index (χ1) is 19.3. The smallest absolute Gasteiger partial charge is 0.329 e. The Balaban J connectivity index is 1.41. The number of benzene rings is 1. The predicted molar refractivity (Wildman–Crippen MR) is 159 cm³/mol. The molecule has 9 nitrogen and oxygen atoms in total. The molecule has 2 aliphatic rings. The fourth-order valence-corrected chi connectivity index (χ4v) is 5.54. The SMILES string of the molecule is C[C@@H]1CN(c2ncc(Cl)c(Nc3ccc4c(c3)n(CCC(C)(C)O)c(=O)n4CCNCC3CC3)n2)C[C@H](C)C1(F)F. The third-order valence-corrected chi connectivity index (χ3v) is 8.46. The van der Waals surface area contributed by atoms with Crippen LogP contribution in [0.3, 0.4) is 0 Å². The average molecular weight is 592 g/mol. The second kappa shape index (κ2) is 11.5. The molecule has 2 fully saturated rings. The zero-order chi connectivity index (χ0) is 29.5. The van der Waals surface area contributed by atoms with Gasteiger partial charge in [0.1, 0.15) is 5.02 Å². The van der Waals surface area contributed by atoms with E-state index < -0.39 is 23.4 Å². The zero-order valence-electron chi connectivity index (χ0n) is 24.1. The molecule has 0 spiro atoms. The van der Waals surface area contributed by atoms with E-state index in [1.54, 1.807) is 41.7 Å². The van der Waals surface area contributed by atoms with Crippen molar-refractivity contribution in [2.24, 2.45) is 17.8 Å². The van der Waals surface area contributed by atoms with E-state index in [-0.39, 0.29) is 23.8 Å². The number of aromatic nitrogens is 4. The molecule has 0 amide bonds. The molecule has 12 heteroatoms. The molecule has 1 aromatic carbocycles. The summed E-state index contributed by atoms with van der Waals surface area (Å²) in [6.45, 7) is 9.38. The highest BCUT2D eigenvalue weighted by molar-refractivity contribution is 6.32. The van der Waals surface area contributed by atoms with E-state index in [1.165, 1.54) is 19.0 Å². The van der Waals surface area contributed by atoms with E-state index in [4.69, 9.17) is 11.6 Å². The largest absolute Gasteiger partial charge is 0.390 e. The Labute approximate surface area is 243 Å². The molecule has 2 atom stereocenters. The maximum Gasteiger partial charge on any atom is 0.329 e. The van der Waals surface area contributed by atoms with Gasteiger partial charge in [0.05, 0.1) is 22.8 Å². The fourth-order valence-electron chi connectivity index (χ4n) is 5.40. The van der Waals surface area contributed by atoms with Crippen LogP contribution in [0.2, 0.25) is 5.02 Å². The van der Waals surface area contributed by atoms with Crippen LogP contribution in [-0.2, 0) is 13.1 Å². The summed E-state index contributed by atoms with van der Waals surface area (Å²) in [5.41, 5.74) is 1.15. The molecule has 1 aliphatic carbocycles. The van der Waals surface area contributed by atoms with Crippen molar-refractivity contribution >= 4 is 40.1 Å². The molecular weight excluding hydrogens is 552 g/mol. The molecule has 0 bridgehead atoms. The number of aliphatic hydroxyl groups is 1. The van der Waals surface area contributed by atoms with Gasteiger partial charge in [-0.05, 0) is 63.8 Å². The van der Waals surface area contributed by atoms with Crippen molar-refractivity contribution in [1.29, 1.82) is 0 Å². The standard InChI is InChI=1S/C29H40ClF2N7O2/c1-18-16-37(17-19(2)29(18,31)32)26-34-15-22(30)25(36-26)35-21-7-8-23-24(13-21)38(11-9-28(3,4)41)27(40)39(23)12-10-33-14-20-5-6-20/h7-8,13,15,18-20,33,41H,5-6,9-12,14,16-17H2,1-4H3,(H,34,35,36)/t18-,19+. The highest BCUT2D eigenvalue weighted by atomic mass is 35.5. The highest BCUT2D eigenvalue weighted by Gasteiger charge is 2.47. The van der Waals surface area contributed by atoms with Crippen LogP contribution in [0.15, 0.2) is 29.2 Å². The quantitative estimate of drug-likeness (QED) is 0.273. The molecule has 41 heavy (non-hydrogen) atoms. The average Bonchev–Trinajstić information content (AvgIpc) is 3.69. The summed E-state index contributed by atoms with van der Waals surface area (Å²) in [4.78, 5) is 24.2. The van der Waals surface area contributed by atoms with Crippen LogP contribution in [0.4, 0.5) is 26.2 Å². The molecule has 3 N–H and O–H groups in total. The Kier molecular flexibility index (Phi) is 8.33. The lowest BCUT2D eigenvalue weighted by Gasteiger charge is -2.41. The Morgan fingerprint density at radius 1 is 1.12 bits per heavy atom. The Hall–Kier alpha value is -2.76. The second-order valence-electron chi connectivity index (χ2n) is 12.4. The van der Waals surface area contributed by atoms with Gasteiger partial charge < -0.3 is 20.6 Å². The number of piperidine rings is 1. The Morgan fingerprint density at radius 2 is 1.80 bits per heavy atom. The molecule has 1 saturated carbocycles. The highest BCUT2D eigenvalue weighted by Crippen LogP contribution is 2.39. The minimum atomic E-state index is -2.75. The van der Waals surface area contributed by atoms with E-state index in [1.807, 2.05) is 18.2 Å². The van der Waals surface area contributed by atoms with Gasteiger partial charge in [-0.2, -0.15) is 4.98 Å². The molecule has 224 valence electrons. The van der Waals surface area contributed by atoms with Crippen LogP contribution in [0.1, 0.15) is 47.0 Å². The lowest BCUT2D eigenvalue weighted by molar-refractivity contribution is -0.105. The fraction of sp³-hybridized carbons (Fsp3) is 0.621. The van der Waals surface area contributed by atoms with E-state index in [0.29, 0.717) is 43.5 Å². The zero-order valence-corrected chi connectivity index (χ0v) is 24.9. The first kappa shape index (κ1) is 29.7. The lowest BCUT2D eigenvalue weighted by atomic mass is 9.87. The minimum Gasteiger partial charge on any atom is -0.390 e. The van der Waals surface area contributed by atoms with Gasteiger partial charge in [0.15, 0.2) is 5.82 Å². The normalized spacial score (nSPS) is 21.0. The number of imidazole rings is 1. The second-order valence-corrected chi connectivity index (χ2v) is 12.8. The van der Waals surface area contributed by atoms with Crippen LogP contribution >= 0.6 is 11.6 Å². The van der Waals surface area contributed by atoms with Gasteiger partial charge in [-0.3, -0.25) is 9.13 Å². The molecule has 5 rings (SSSR count). The number of hydrogen-bond donors (Lipinski definition) is 3. The van der Waals surface area contributed by atoms with Crippen LogP contribution in [0.5, 0.6) is 0 Å². The van der Waals surface area contributed by atoms with Crippen molar-refractivity contribution in [2.45, 2.75) is 71.6 Å². The Morgan fingerprint density at radius 3 is 2.46 bits per heavy atom. The molecule has 3 heterocycles. The number of fused-ring (bicyclic) bond motifs is 1. The van der Waals surface area contributed by atoms with E-state index >= 15 is 0 Å². The number of nitrogens with zero attached hydrogens (tertiary/aromatic N) is 5. The number of alkyl halides is 2. The molecular formula is C29H40ClF2N7O2. The number of anilines is 3. The van der Waals surface area contributed by atoms with Crippen LogP contribution in [0, 0.1) is 17.8 Å². The molecule has 2 aromatic heterocycles. The van der Waals surface area contributed by atoms with Gasteiger partial charge in [0, 0.05) is 50.2 Å². The van der Waals surface area contributed by atoms with Crippen molar-refractivity contribution in [2.75, 3.05) is 36.4 Å². The maximum atomic E-state index is 14.4. The van der Waals surface area contributed by atoms with Crippen molar-refractivity contribution in [1.82, 2.24) is 24.4 Å². The topological polar surface area (TPSA) is 100 Å². The van der Waals surface area contributed by atoms with Gasteiger partial charge in [-0.15, -0.1) is 0 Å². The van der Waals surface area contributed by atoms with Crippen molar-refractivity contribution in [3.05, 3.63) is 39.9 Å². The number of rotatable bonds is 11. The third-order valence-electron chi connectivity index (χ3n) is 8.19.